The van der Waals surface area contributed by atoms with Gasteiger partial charge in [-0.1, -0.05) is 0 Å². The molecule has 9 nitrogen and oxygen atoms in total. The Morgan fingerprint density at radius 3 is 2.77 bits per heavy atom. The summed E-state index contributed by atoms with van der Waals surface area (Å²) in [6.45, 7) is 2.37. The second kappa shape index (κ2) is 8.44. The first-order chi connectivity index (χ1) is 14.7. The molecule has 3 aromatic rings. The van der Waals surface area contributed by atoms with Gasteiger partial charge in [-0.25, -0.2) is 36.4 Å². The van der Waals surface area contributed by atoms with Crippen molar-refractivity contribution >= 4 is 21.5 Å². The number of sulfonamides is 1. The van der Waals surface area contributed by atoms with Crippen molar-refractivity contribution in [3.8, 4) is 11.3 Å². The zero-order chi connectivity index (χ0) is 22.2. The van der Waals surface area contributed by atoms with E-state index < -0.39 is 16.4 Å². The van der Waals surface area contributed by atoms with Crippen molar-refractivity contribution in [2.75, 3.05) is 44.4 Å². The maximum atomic E-state index is 13.1. The molecule has 1 aliphatic heterocycles. The second-order valence-electron chi connectivity index (χ2n) is 7.58. The molecule has 0 aromatic carbocycles. The van der Waals surface area contributed by atoms with Crippen LogP contribution in [0.3, 0.4) is 0 Å². The monoisotopic (exact) mass is 451 g/mol. The molecule has 0 aliphatic carbocycles. The standard InChI is InChI=1S/C19H23F2N7O2S/c1-26-7-8-27(12-14(26)10-24-31(2,29)30)18-9-13(5-6-22-18)16-11-23-17-4-3-15(19(20)21)25-28(16)17/h3-6,9,11,14,19,24H,7-8,10,12H2,1-2H3. The molecule has 4 heterocycles. The summed E-state index contributed by atoms with van der Waals surface area (Å²) in [6, 6.07) is 6.42. The molecule has 1 N–H and O–H groups in total. The molecule has 0 bridgehead atoms. The van der Waals surface area contributed by atoms with Crippen molar-refractivity contribution in [2.45, 2.75) is 12.5 Å². The zero-order valence-corrected chi connectivity index (χ0v) is 17.9. The number of alkyl halides is 2. The maximum Gasteiger partial charge on any atom is 0.282 e. The van der Waals surface area contributed by atoms with E-state index in [1.165, 1.54) is 16.6 Å². The highest BCUT2D eigenvalue weighted by molar-refractivity contribution is 7.88. The van der Waals surface area contributed by atoms with Gasteiger partial charge in [-0.05, 0) is 31.3 Å². The third kappa shape index (κ3) is 4.81. The normalized spacial score (nSPS) is 18.2. The third-order valence-corrected chi connectivity index (χ3v) is 6.02. The number of aromatic nitrogens is 4. The van der Waals surface area contributed by atoms with Crippen molar-refractivity contribution in [3.63, 3.8) is 0 Å². The van der Waals surface area contributed by atoms with Gasteiger partial charge in [-0.15, -0.1) is 0 Å². The van der Waals surface area contributed by atoms with Gasteiger partial charge < -0.3 is 4.90 Å². The van der Waals surface area contributed by atoms with Crippen LogP contribution in [0.2, 0.25) is 0 Å². The quantitative estimate of drug-likeness (QED) is 0.605. The molecule has 4 rings (SSSR count). The maximum absolute atomic E-state index is 13.1. The molecule has 31 heavy (non-hydrogen) atoms. The molecule has 0 saturated carbocycles. The number of rotatable bonds is 6. The number of likely N-dealkylation sites (N-methyl/N-ethyl adjacent to an activating group) is 1. The summed E-state index contributed by atoms with van der Waals surface area (Å²) < 4.78 is 53.1. The van der Waals surface area contributed by atoms with Crippen LogP contribution >= 0.6 is 0 Å². The summed E-state index contributed by atoms with van der Waals surface area (Å²) in [6.07, 6.45) is 1.72. The van der Waals surface area contributed by atoms with E-state index in [-0.39, 0.29) is 11.7 Å². The molecule has 3 aromatic heterocycles. The SMILES string of the molecule is CN1CCN(c2cc(-c3cnc4ccc(C(F)F)nn34)ccn2)CC1CNS(C)(=O)=O. The molecule has 1 saturated heterocycles. The summed E-state index contributed by atoms with van der Waals surface area (Å²) in [5.74, 6) is 0.718. The first-order valence-corrected chi connectivity index (χ1v) is 11.6. The highest BCUT2D eigenvalue weighted by atomic mass is 32.2. The van der Waals surface area contributed by atoms with Gasteiger partial charge in [0.1, 0.15) is 11.5 Å². The molecular formula is C19H23F2N7O2S. The van der Waals surface area contributed by atoms with Gasteiger partial charge in [0.05, 0.1) is 18.1 Å². The third-order valence-electron chi connectivity index (χ3n) is 5.33. The molecule has 0 amide bonds. The van der Waals surface area contributed by atoms with Crippen LogP contribution in [-0.4, -0.2) is 78.4 Å². The molecule has 12 heteroatoms. The molecule has 1 fully saturated rings. The van der Waals surface area contributed by atoms with Crippen LogP contribution in [0.1, 0.15) is 12.1 Å². The first-order valence-electron chi connectivity index (χ1n) is 9.70. The molecule has 1 aliphatic rings. The van der Waals surface area contributed by atoms with Crippen LogP contribution in [0.4, 0.5) is 14.6 Å². The fourth-order valence-corrected chi connectivity index (χ4v) is 4.07. The lowest BCUT2D eigenvalue weighted by Crippen LogP contribution is -2.55. The predicted molar refractivity (Wildman–Crippen MR) is 113 cm³/mol. The van der Waals surface area contributed by atoms with Crippen molar-refractivity contribution < 1.29 is 17.2 Å². The average molecular weight is 452 g/mol. The Kier molecular flexibility index (Phi) is 5.86. The summed E-state index contributed by atoms with van der Waals surface area (Å²) in [7, 11) is -1.32. The van der Waals surface area contributed by atoms with Gasteiger partial charge >= 0.3 is 0 Å². The summed E-state index contributed by atoms with van der Waals surface area (Å²) >= 11 is 0. The average Bonchev–Trinajstić information content (AvgIpc) is 3.16. The van der Waals surface area contributed by atoms with Crippen LogP contribution in [-0.2, 0) is 10.0 Å². The van der Waals surface area contributed by atoms with Gasteiger partial charge in [-0.3, -0.25) is 4.90 Å². The van der Waals surface area contributed by atoms with Crippen LogP contribution < -0.4 is 9.62 Å². The summed E-state index contributed by atoms with van der Waals surface area (Å²) in [5, 5.41) is 4.02. The molecule has 0 spiro atoms. The van der Waals surface area contributed by atoms with E-state index in [9.17, 15) is 17.2 Å². The molecule has 0 radical (unpaired) electrons. The van der Waals surface area contributed by atoms with E-state index >= 15 is 0 Å². The van der Waals surface area contributed by atoms with Crippen LogP contribution in [0.25, 0.3) is 16.9 Å². The number of hydrogen-bond acceptors (Lipinski definition) is 7. The Balaban J connectivity index is 1.60. The van der Waals surface area contributed by atoms with Crippen LogP contribution in [0.15, 0.2) is 36.7 Å². The molecule has 1 atom stereocenters. The van der Waals surface area contributed by atoms with Gasteiger partial charge in [0.25, 0.3) is 6.43 Å². The lowest BCUT2D eigenvalue weighted by atomic mass is 10.1. The number of nitrogens with one attached hydrogen (secondary N) is 1. The molecular weight excluding hydrogens is 428 g/mol. The first kappa shape index (κ1) is 21.5. The number of nitrogens with zero attached hydrogens (tertiary/aromatic N) is 6. The number of hydrogen-bond donors (Lipinski definition) is 1. The lowest BCUT2D eigenvalue weighted by Gasteiger charge is -2.40. The topological polar surface area (TPSA) is 95.7 Å². The summed E-state index contributed by atoms with van der Waals surface area (Å²) in [5.41, 5.74) is 1.50. The van der Waals surface area contributed by atoms with Gasteiger partial charge in [-0.2, -0.15) is 5.10 Å². The van der Waals surface area contributed by atoms with Gasteiger partial charge in [0.15, 0.2) is 5.65 Å². The molecule has 1 unspecified atom stereocenters. The van der Waals surface area contributed by atoms with Crippen LogP contribution in [0.5, 0.6) is 0 Å². The summed E-state index contributed by atoms with van der Waals surface area (Å²) in [4.78, 5) is 12.9. The smallest absolute Gasteiger partial charge is 0.282 e. The zero-order valence-electron chi connectivity index (χ0n) is 17.1. The highest BCUT2D eigenvalue weighted by Gasteiger charge is 2.26. The van der Waals surface area contributed by atoms with E-state index in [1.54, 1.807) is 18.5 Å². The minimum absolute atomic E-state index is 0.0139. The van der Waals surface area contributed by atoms with E-state index in [2.05, 4.69) is 29.6 Å². The van der Waals surface area contributed by atoms with Crippen molar-refractivity contribution in [2.24, 2.45) is 0 Å². The largest absolute Gasteiger partial charge is 0.354 e. The number of halogens is 2. The van der Waals surface area contributed by atoms with Crippen LogP contribution in [0, 0.1) is 0 Å². The van der Waals surface area contributed by atoms with Gasteiger partial charge in [0, 0.05) is 44.0 Å². The van der Waals surface area contributed by atoms with E-state index in [0.29, 0.717) is 24.4 Å². The minimum atomic E-state index is -3.28. The Morgan fingerprint density at radius 1 is 1.23 bits per heavy atom. The Hall–Kier alpha value is -2.70. The number of imidazole rings is 1. The fraction of sp³-hybridized carbons (Fsp3) is 0.421. The van der Waals surface area contributed by atoms with E-state index in [0.717, 1.165) is 30.7 Å². The lowest BCUT2D eigenvalue weighted by molar-refractivity contribution is 0.144. The number of anilines is 1. The van der Waals surface area contributed by atoms with E-state index in [4.69, 9.17) is 0 Å². The second-order valence-corrected chi connectivity index (χ2v) is 9.41. The Morgan fingerprint density at radius 2 is 2.03 bits per heavy atom. The number of fused-ring (bicyclic) bond motifs is 1. The van der Waals surface area contributed by atoms with Crippen molar-refractivity contribution in [1.29, 1.82) is 0 Å². The Bertz CT molecular complexity index is 1180. The van der Waals surface area contributed by atoms with Crippen molar-refractivity contribution in [3.05, 3.63) is 42.4 Å². The van der Waals surface area contributed by atoms with Gasteiger partial charge in [0.2, 0.25) is 10.0 Å². The minimum Gasteiger partial charge on any atom is -0.354 e. The fourth-order valence-electron chi connectivity index (χ4n) is 3.57. The highest BCUT2D eigenvalue weighted by Crippen LogP contribution is 2.26. The molecule has 166 valence electrons. The number of piperazine rings is 1. The number of pyridine rings is 1. The Labute approximate surface area is 178 Å². The predicted octanol–water partition coefficient (Wildman–Crippen LogP) is 1.40. The van der Waals surface area contributed by atoms with E-state index in [1.807, 2.05) is 13.1 Å². The van der Waals surface area contributed by atoms with Crippen molar-refractivity contribution in [1.82, 2.24) is 29.2 Å².